The van der Waals surface area contributed by atoms with Gasteiger partial charge in [-0.25, -0.2) is 0 Å². The SMILES string of the molecule is CCNC(=NCCCc1ccccc1)NC1C2CCOC2C12CCC2.I. The van der Waals surface area contributed by atoms with Crippen molar-refractivity contribution in [1.82, 2.24) is 10.6 Å². The normalized spacial score (nSPS) is 28.5. The summed E-state index contributed by atoms with van der Waals surface area (Å²) in [6, 6.07) is 11.2. The van der Waals surface area contributed by atoms with E-state index in [4.69, 9.17) is 9.73 Å². The third-order valence-corrected chi connectivity index (χ3v) is 6.41. The number of hydrogen-bond acceptors (Lipinski definition) is 2. The molecule has 5 heteroatoms. The number of ether oxygens (including phenoxy) is 1. The van der Waals surface area contributed by atoms with Gasteiger partial charge in [0.2, 0.25) is 0 Å². The molecule has 1 spiro atoms. The number of aryl methyl sites for hydroxylation is 1. The van der Waals surface area contributed by atoms with Gasteiger partial charge in [-0.15, -0.1) is 24.0 Å². The molecule has 1 aromatic rings. The minimum absolute atomic E-state index is 0. The highest BCUT2D eigenvalue weighted by Crippen LogP contribution is 2.62. The summed E-state index contributed by atoms with van der Waals surface area (Å²) in [4.78, 5) is 4.84. The second-order valence-electron chi connectivity index (χ2n) is 7.80. The van der Waals surface area contributed by atoms with Gasteiger partial charge < -0.3 is 15.4 Å². The number of halogens is 1. The topological polar surface area (TPSA) is 45.7 Å². The van der Waals surface area contributed by atoms with E-state index in [-0.39, 0.29) is 24.0 Å². The number of fused-ring (bicyclic) bond motifs is 2. The molecule has 0 aromatic heterocycles. The molecule has 1 saturated heterocycles. The van der Waals surface area contributed by atoms with Crippen molar-refractivity contribution >= 4 is 29.9 Å². The molecule has 1 heterocycles. The first-order chi connectivity index (χ1) is 12.3. The summed E-state index contributed by atoms with van der Waals surface area (Å²) in [5.41, 5.74) is 1.80. The van der Waals surface area contributed by atoms with Gasteiger partial charge in [-0.05, 0) is 44.6 Å². The molecule has 1 aromatic carbocycles. The van der Waals surface area contributed by atoms with E-state index >= 15 is 0 Å². The van der Waals surface area contributed by atoms with Crippen molar-refractivity contribution in [2.75, 3.05) is 19.7 Å². The molecule has 2 saturated carbocycles. The fourth-order valence-corrected chi connectivity index (χ4v) is 5.04. The molecule has 4 rings (SSSR count). The van der Waals surface area contributed by atoms with Crippen LogP contribution in [0.15, 0.2) is 35.3 Å². The van der Waals surface area contributed by atoms with Crippen molar-refractivity contribution < 1.29 is 4.74 Å². The summed E-state index contributed by atoms with van der Waals surface area (Å²) in [6.45, 7) is 4.87. The molecule has 4 nitrogen and oxygen atoms in total. The lowest BCUT2D eigenvalue weighted by molar-refractivity contribution is -0.171. The van der Waals surface area contributed by atoms with Crippen molar-refractivity contribution in [3.05, 3.63) is 35.9 Å². The minimum Gasteiger partial charge on any atom is -0.377 e. The Morgan fingerprint density at radius 2 is 2.08 bits per heavy atom. The second-order valence-corrected chi connectivity index (χ2v) is 7.80. The zero-order chi connectivity index (χ0) is 17.1. The fraction of sp³-hybridized carbons (Fsp3) is 0.667. The Hall–Kier alpha value is -0.820. The van der Waals surface area contributed by atoms with Crippen molar-refractivity contribution in [3.63, 3.8) is 0 Å². The largest absolute Gasteiger partial charge is 0.377 e. The number of aliphatic imine (C=N–C) groups is 1. The molecule has 26 heavy (non-hydrogen) atoms. The van der Waals surface area contributed by atoms with E-state index in [9.17, 15) is 0 Å². The molecule has 3 fully saturated rings. The summed E-state index contributed by atoms with van der Waals surface area (Å²) in [5.74, 6) is 1.69. The molecule has 3 aliphatic rings. The van der Waals surface area contributed by atoms with Crippen LogP contribution >= 0.6 is 24.0 Å². The molecule has 2 N–H and O–H groups in total. The Bertz CT molecular complexity index is 603. The number of guanidine groups is 1. The Morgan fingerprint density at radius 3 is 2.77 bits per heavy atom. The van der Waals surface area contributed by atoms with Crippen molar-refractivity contribution in [2.24, 2.45) is 16.3 Å². The Labute approximate surface area is 174 Å². The average Bonchev–Trinajstić information content (AvgIpc) is 3.01. The van der Waals surface area contributed by atoms with Crippen LogP contribution in [0.5, 0.6) is 0 Å². The van der Waals surface area contributed by atoms with Gasteiger partial charge in [-0.2, -0.15) is 0 Å². The van der Waals surface area contributed by atoms with Gasteiger partial charge in [0.1, 0.15) is 0 Å². The molecule has 0 radical (unpaired) electrons. The Morgan fingerprint density at radius 1 is 1.27 bits per heavy atom. The van der Waals surface area contributed by atoms with Crippen molar-refractivity contribution in [3.8, 4) is 0 Å². The predicted octanol–water partition coefficient (Wildman–Crippen LogP) is 3.75. The first-order valence-corrected chi connectivity index (χ1v) is 10.0. The van der Waals surface area contributed by atoms with Crippen LogP contribution in [-0.2, 0) is 11.2 Å². The monoisotopic (exact) mass is 469 g/mol. The van der Waals surface area contributed by atoms with E-state index in [0.29, 0.717) is 23.5 Å². The van der Waals surface area contributed by atoms with Crippen molar-refractivity contribution in [1.29, 1.82) is 0 Å². The molecule has 1 aliphatic heterocycles. The lowest BCUT2D eigenvalue weighted by Gasteiger charge is -2.63. The molecule has 0 amide bonds. The molecular weight excluding hydrogens is 437 g/mol. The first kappa shape index (κ1) is 19.9. The van der Waals surface area contributed by atoms with Gasteiger partial charge in [0.15, 0.2) is 5.96 Å². The summed E-state index contributed by atoms with van der Waals surface area (Å²) in [5, 5.41) is 7.22. The minimum atomic E-state index is 0. The van der Waals surface area contributed by atoms with Gasteiger partial charge in [0.05, 0.1) is 6.10 Å². The van der Waals surface area contributed by atoms with Crippen LogP contribution in [0.1, 0.15) is 44.6 Å². The first-order valence-electron chi connectivity index (χ1n) is 10.0. The lowest BCUT2D eigenvalue weighted by atomic mass is 9.46. The molecular formula is C21H32IN3O. The molecule has 3 unspecified atom stereocenters. The van der Waals surface area contributed by atoms with Gasteiger partial charge in [0.25, 0.3) is 0 Å². The summed E-state index contributed by atoms with van der Waals surface area (Å²) in [6.07, 6.45) is 7.90. The van der Waals surface area contributed by atoms with Crippen LogP contribution in [0.25, 0.3) is 0 Å². The van der Waals surface area contributed by atoms with E-state index in [1.165, 1.54) is 31.2 Å². The number of rotatable bonds is 6. The number of hydrogen-bond donors (Lipinski definition) is 2. The standard InChI is InChI=1S/C21H31N3O.HI/c1-2-22-20(23-14-6-10-16-8-4-3-5-9-16)24-18-17-11-15-25-19(17)21(18)12-7-13-21;/h3-5,8-9,17-19H,2,6-7,10-15H2,1H3,(H2,22,23,24);1H. The highest BCUT2D eigenvalue weighted by Gasteiger charge is 2.66. The van der Waals surface area contributed by atoms with E-state index in [1.807, 2.05) is 0 Å². The lowest BCUT2D eigenvalue weighted by Crippen LogP contribution is -2.72. The fourth-order valence-electron chi connectivity index (χ4n) is 5.04. The Kier molecular flexibility index (Phi) is 6.83. The summed E-state index contributed by atoms with van der Waals surface area (Å²) < 4.78 is 6.03. The highest BCUT2D eigenvalue weighted by molar-refractivity contribution is 14.0. The number of nitrogens with zero attached hydrogens (tertiary/aromatic N) is 1. The highest BCUT2D eigenvalue weighted by atomic mass is 127. The maximum absolute atomic E-state index is 6.03. The summed E-state index contributed by atoms with van der Waals surface area (Å²) in [7, 11) is 0. The van der Waals surface area contributed by atoms with Gasteiger partial charge in [0, 0.05) is 37.1 Å². The summed E-state index contributed by atoms with van der Waals surface area (Å²) >= 11 is 0. The zero-order valence-electron chi connectivity index (χ0n) is 15.7. The van der Waals surface area contributed by atoms with Gasteiger partial charge >= 0.3 is 0 Å². The van der Waals surface area contributed by atoms with E-state index < -0.39 is 0 Å². The zero-order valence-corrected chi connectivity index (χ0v) is 18.1. The maximum Gasteiger partial charge on any atom is 0.191 e. The third kappa shape index (κ3) is 3.75. The van der Waals surface area contributed by atoms with Crippen LogP contribution in [0.2, 0.25) is 0 Å². The van der Waals surface area contributed by atoms with Crippen LogP contribution in [-0.4, -0.2) is 37.8 Å². The number of nitrogens with one attached hydrogen (secondary N) is 2. The van der Waals surface area contributed by atoms with E-state index in [0.717, 1.165) is 38.5 Å². The molecule has 0 bridgehead atoms. The molecule has 2 aliphatic carbocycles. The van der Waals surface area contributed by atoms with Crippen LogP contribution in [0.3, 0.4) is 0 Å². The van der Waals surface area contributed by atoms with E-state index in [2.05, 4.69) is 47.9 Å². The average molecular weight is 469 g/mol. The predicted molar refractivity (Wildman–Crippen MR) is 117 cm³/mol. The number of benzene rings is 1. The van der Waals surface area contributed by atoms with Crippen LogP contribution in [0, 0.1) is 11.3 Å². The van der Waals surface area contributed by atoms with Crippen LogP contribution < -0.4 is 10.6 Å². The Balaban J connectivity index is 0.00000196. The molecule has 3 atom stereocenters. The third-order valence-electron chi connectivity index (χ3n) is 6.41. The van der Waals surface area contributed by atoms with Gasteiger partial charge in [-0.1, -0.05) is 36.8 Å². The maximum atomic E-state index is 6.03. The van der Waals surface area contributed by atoms with E-state index in [1.54, 1.807) is 0 Å². The van der Waals surface area contributed by atoms with Crippen LogP contribution in [0.4, 0.5) is 0 Å². The van der Waals surface area contributed by atoms with Gasteiger partial charge in [-0.3, -0.25) is 4.99 Å². The smallest absolute Gasteiger partial charge is 0.191 e. The second kappa shape index (κ2) is 8.91. The quantitative estimate of drug-likeness (QED) is 0.289. The molecule has 144 valence electrons. The van der Waals surface area contributed by atoms with Crippen molar-refractivity contribution in [2.45, 2.75) is 57.6 Å².